The summed E-state index contributed by atoms with van der Waals surface area (Å²) >= 11 is 0. The van der Waals surface area contributed by atoms with Crippen LogP contribution < -0.4 is 21.3 Å². The van der Waals surface area contributed by atoms with Gasteiger partial charge in [0.2, 0.25) is 15.9 Å². The van der Waals surface area contributed by atoms with Gasteiger partial charge in [-0.05, 0) is 32.3 Å². The lowest BCUT2D eigenvalue weighted by Gasteiger charge is -2.42. The van der Waals surface area contributed by atoms with Crippen molar-refractivity contribution in [3.63, 3.8) is 0 Å². The van der Waals surface area contributed by atoms with E-state index in [1.165, 1.54) is 0 Å². The summed E-state index contributed by atoms with van der Waals surface area (Å²) in [6.07, 6.45) is 2.14. The number of anilines is 1. The Kier molecular flexibility index (Phi) is 8.52. The molecule has 0 saturated carbocycles. The van der Waals surface area contributed by atoms with Crippen molar-refractivity contribution in [2.24, 2.45) is 5.73 Å². The van der Waals surface area contributed by atoms with E-state index in [4.69, 9.17) is 10.5 Å². The Bertz CT molecular complexity index is 1210. The summed E-state index contributed by atoms with van der Waals surface area (Å²) in [5.41, 5.74) is 5.58. The zero-order chi connectivity index (χ0) is 25.6. The molecule has 1 amide bonds. The van der Waals surface area contributed by atoms with Gasteiger partial charge in [0, 0.05) is 13.2 Å². The minimum Gasteiger partial charge on any atom is -0.386 e. The van der Waals surface area contributed by atoms with Gasteiger partial charge in [-0.2, -0.15) is 0 Å². The average molecular weight is 505 g/mol. The number of hydrogen-bond acceptors (Lipinski definition) is 8. The van der Waals surface area contributed by atoms with Crippen molar-refractivity contribution >= 4 is 21.6 Å². The van der Waals surface area contributed by atoms with Crippen molar-refractivity contribution in [1.29, 1.82) is 0 Å². The third kappa shape index (κ3) is 6.83. The molecule has 1 fully saturated rings. The molecule has 2 atom stereocenters. The van der Waals surface area contributed by atoms with Crippen LogP contribution in [0.5, 0.6) is 0 Å². The first-order valence-electron chi connectivity index (χ1n) is 11.3. The maximum absolute atomic E-state index is 13.0. The lowest BCUT2D eigenvalue weighted by molar-refractivity contribution is -0.128. The molecule has 1 saturated heterocycles. The lowest BCUT2D eigenvalue weighted by Crippen LogP contribution is -2.57. The molecule has 12 heteroatoms. The molecule has 1 aromatic heterocycles. The monoisotopic (exact) mass is 504 g/mol. The first kappa shape index (κ1) is 26.2. The van der Waals surface area contributed by atoms with Crippen LogP contribution in [-0.2, 0) is 31.9 Å². The van der Waals surface area contributed by atoms with Gasteiger partial charge in [-0.15, -0.1) is 0 Å². The van der Waals surface area contributed by atoms with Crippen LogP contribution in [0.4, 0.5) is 5.69 Å². The number of hydrogen-bond donors (Lipinski definition) is 3. The number of rotatable bonds is 10. The highest BCUT2D eigenvalue weighted by molar-refractivity contribution is 7.91. The third-order valence-corrected chi connectivity index (χ3v) is 6.88. The minimum atomic E-state index is -3.86. The van der Waals surface area contributed by atoms with Crippen LogP contribution in [0.3, 0.4) is 0 Å². The Labute approximate surface area is 205 Å². The predicted octanol–water partition coefficient (Wildman–Crippen LogP) is 0.867. The highest BCUT2D eigenvalue weighted by Gasteiger charge is 2.33. The maximum Gasteiger partial charge on any atom is 0.278 e. The van der Waals surface area contributed by atoms with E-state index in [-0.39, 0.29) is 29.9 Å². The Morgan fingerprint density at radius 3 is 2.69 bits per heavy atom. The van der Waals surface area contributed by atoms with Crippen LogP contribution in [-0.4, -0.2) is 54.2 Å². The Morgan fingerprint density at radius 1 is 1.31 bits per heavy atom. The Hall–Kier alpha value is -3.38. The number of ether oxygens (including phenoxy) is 1. The summed E-state index contributed by atoms with van der Waals surface area (Å²) in [5.74, 6) is -0.0989. The lowest BCUT2D eigenvalue weighted by atomic mass is 10.0. The first-order valence-corrected chi connectivity index (χ1v) is 13.0. The number of piperidine rings is 1. The molecule has 11 nitrogen and oxygen atoms in total. The number of amides is 1. The summed E-state index contributed by atoms with van der Waals surface area (Å²) < 4.78 is 34.4. The largest absolute Gasteiger partial charge is 0.386 e. The van der Waals surface area contributed by atoms with Gasteiger partial charge in [-0.3, -0.25) is 18.9 Å². The van der Waals surface area contributed by atoms with Crippen LogP contribution in [0.1, 0.15) is 31.2 Å². The number of aryl methyl sites for hydroxylation is 1. The number of aromatic nitrogens is 2. The molecule has 0 spiro atoms. The predicted molar refractivity (Wildman–Crippen MR) is 133 cm³/mol. The molecule has 1 aliphatic heterocycles. The fraction of sp³-hybridized carbons (Fsp3) is 0.435. The molecular weight excluding hydrogens is 472 g/mol. The Balaban J connectivity index is 1.74. The van der Waals surface area contributed by atoms with Crippen LogP contribution in [0.15, 0.2) is 53.7 Å². The first-order chi connectivity index (χ1) is 16.6. The topological polar surface area (TPSA) is 149 Å². The molecule has 0 aliphatic carbocycles. The van der Waals surface area contributed by atoms with Crippen molar-refractivity contribution in [3.8, 4) is 0 Å². The van der Waals surface area contributed by atoms with Crippen LogP contribution >= 0.6 is 0 Å². The molecule has 2 unspecified atom stereocenters. The van der Waals surface area contributed by atoms with Gasteiger partial charge < -0.3 is 20.7 Å². The second kappa shape index (κ2) is 11.4. The molecule has 0 radical (unpaired) electrons. The Morgan fingerprint density at radius 2 is 2.03 bits per heavy atom. The second-order valence-electron chi connectivity index (χ2n) is 8.30. The molecular formula is C23H32N6O5S. The van der Waals surface area contributed by atoms with Crippen LogP contribution in [0.2, 0.25) is 0 Å². The molecule has 3 rings (SSSR count). The summed E-state index contributed by atoms with van der Waals surface area (Å²) in [6.45, 7) is 7.97. The summed E-state index contributed by atoms with van der Waals surface area (Å²) in [5, 5.41) is 2.91. The van der Waals surface area contributed by atoms with Crippen molar-refractivity contribution in [2.45, 2.75) is 51.3 Å². The maximum atomic E-state index is 13.0. The molecule has 2 heterocycles. The van der Waals surface area contributed by atoms with Gasteiger partial charge >= 0.3 is 0 Å². The van der Waals surface area contributed by atoms with E-state index in [1.54, 1.807) is 42.2 Å². The molecule has 0 bridgehead atoms. The van der Waals surface area contributed by atoms with Gasteiger partial charge in [0.15, 0.2) is 6.23 Å². The third-order valence-electron chi connectivity index (χ3n) is 5.63. The van der Waals surface area contributed by atoms with Crippen LogP contribution in [0, 0.1) is 6.92 Å². The van der Waals surface area contributed by atoms with E-state index in [0.717, 1.165) is 17.2 Å². The zero-order valence-electron chi connectivity index (χ0n) is 19.9. The number of likely N-dealkylation sites (tertiary alicyclic amines) is 1. The average Bonchev–Trinajstić information content (AvgIpc) is 2.80. The highest BCUT2D eigenvalue weighted by Crippen LogP contribution is 2.21. The van der Waals surface area contributed by atoms with Crippen LogP contribution in [0.25, 0.3) is 0 Å². The van der Waals surface area contributed by atoms with E-state index < -0.39 is 27.7 Å². The summed E-state index contributed by atoms with van der Waals surface area (Å²) in [6, 6.07) is 8.25. The second-order valence-corrected chi connectivity index (χ2v) is 10.0. The van der Waals surface area contributed by atoms with Crippen molar-refractivity contribution in [2.75, 3.05) is 17.9 Å². The minimum absolute atomic E-state index is 0.227. The zero-order valence-corrected chi connectivity index (χ0v) is 20.8. The van der Waals surface area contributed by atoms with Gasteiger partial charge in [-0.25, -0.2) is 13.4 Å². The smallest absolute Gasteiger partial charge is 0.278 e. The normalized spacial score (nSPS) is 18.2. The molecule has 190 valence electrons. The molecule has 1 aromatic carbocycles. The number of nitrogens with two attached hydrogens (primary N) is 1. The van der Waals surface area contributed by atoms with Gasteiger partial charge in [-0.1, -0.05) is 36.9 Å². The fourth-order valence-electron chi connectivity index (χ4n) is 4.02. The number of nitrogens with zero attached hydrogens (tertiary/aromatic N) is 3. The van der Waals surface area contributed by atoms with E-state index >= 15 is 0 Å². The van der Waals surface area contributed by atoms with E-state index in [2.05, 4.69) is 21.6 Å². The molecule has 1 aliphatic rings. The number of sulfonamides is 1. The number of nitrogens with one attached hydrogen (secondary N) is 2. The van der Waals surface area contributed by atoms with Gasteiger partial charge in [0.25, 0.3) is 5.56 Å². The number of carbonyl (C=O) groups excluding carboxylic acids is 1. The quantitative estimate of drug-likeness (QED) is 0.432. The molecule has 4 N–H and O–H groups in total. The summed E-state index contributed by atoms with van der Waals surface area (Å²) in [4.78, 5) is 31.8. The SMILES string of the molecule is C=C(N)N1CCCC(NC(=O)Cn2c(C)ncc(NS(=O)(=O)Cc3ccccc3)c2=O)C1OCC. The van der Waals surface area contributed by atoms with Crippen molar-refractivity contribution in [3.05, 3.63) is 70.7 Å². The van der Waals surface area contributed by atoms with E-state index in [1.807, 2.05) is 6.92 Å². The van der Waals surface area contributed by atoms with Gasteiger partial charge in [0.05, 0.1) is 23.8 Å². The number of benzene rings is 1. The molecule has 2 aromatic rings. The number of carbonyl (C=O) groups is 1. The standard InChI is InChI=1S/C23H32N6O5S/c1-4-34-23-19(11-8-12-28(23)16(2)24)26-21(30)14-29-17(3)25-13-20(22(29)31)27-35(32,33)15-18-9-6-5-7-10-18/h5-7,9-10,13,19,23,27H,2,4,8,11-12,14-15,24H2,1,3H3,(H,26,30). The summed E-state index contributed by atoms with van der Waals surface area (Å²) in [7, 11) is -3.86. The van der Waals surface area contributed by atoms with Crippen molar-refractivity contribution < 1.29 is 17.9 Å². The van der Waals surface area contributed by atoms with E-state index in [9.17, 15) is 18.0 Å². The highest BCUT2D eigenvalue weighted by atomic mass is 32.2. The van der Waals surface area contributed by atoms with E-state index in [0.29, 0.717) is 31.0 Å². The molecule has 35 heavy (non-hydrogen) atoms. The fourth-order valence-corrected chi connectivity index (χ4v) is 5.20. The van der Waals surface area contributed by atoms with Crippen molar-refractivity contribution in [1.82, 2.24) is 19.8 Å². The van der Waals surface area contributed by atoms with Gasteiger partial charge in [0.1, 0.15) is 18.1 Å².